The third kappa shape index (κ3) is 6.31. The zero-order valence-corrected chi connectivity index (χ0v) is 16.7. The minimum Gasteiger partial charge on any atom is -0.351 e. The molecule has 2 aromatic carbocycles. The number of nitrogens with zero attached hydrogens (tertiary/aromatic N) is 1. The van der Waals surface area contributed by atoms with E-state index in [2.05, 4.69) is 22.3 Å². The molecule has 0 unspecified atom stereocenters. The molecular formula is C22H26F2N2OS. The minimum absolute atomic E-state index is 0.126. The summed E-state index contributed by atoms with van der Waals surface area (Å²) in [5.41, 5.74) is 2.37. The third-order valence-corrected chi connectivity index (χ3v) is 5.94. The molecule has 1 saturated heterocycles. The van der Waals surface area contributed by atoms with Crippen LogP contribution in [0, 0.1) is 11.6 Å². The van der Waals surface area contributed by atoms with Crippen molar-refractivity contribution in [3.05, 3.63) is 65.2 Å². The van der Waals surface area contributed by atoms with Crippen LogP contribution in [0.4, 0.5) is 8.78 Å². The fourth-order valence-corrected chi connectivity index (χ4v) is 4.13. The van der Waals surface area contributed by atoms with Gasteiger partial charge < -0.3 is 5.32 Å². The normalized spacial score (nSPS) is 15.2. The van der Waals surface area contributed by atoms with Crippen LogP contribution in [-0.4, -0.2) is 29.6 Å². The SMILES string of the molecule is O=C(CSc1ccc(F)c(F)c1)NCc1ccccc1CN1CCCCCC1. The Bertz CT molecular complexity index is 792. The summed E-state index contributed by atoms with van der Waals surface area (Å²) < 4.78 is 26.2. The summed E-state index contributed by atoms with van der Waals surface area (Å²) in [6.45, 7) is 3.65. The number of hydrogen-bond donors (Lipinski definition) is 1. The van der Waals surface area contributed by atoms with Gasteiger partial charge >= 0.3 is 0 Å². The highest BCUT2D eigenvalue weighted by atomic mass is 32.2. The van der Waals surface area contributed by atoms with Gasteiger partial charge in [0.2, 0.25) is 5.91 Å². The molecule has 0 aromatic heterocycles. The fraction of sp³-hybridized carbons (Fsp3) is 0.409. The Morgan fingerprint density at radius 3 is 2.39 bits per heavy atom. The Hall–Kier alpha value is -1.92. The van der Waals surface area contributed by atoms with Crippen molar-refractivity contribution >= 4 is 17.7 Å². The van der Waals surface area contributed by atoms with Gasteiger partial charge in [-0.25, -0.2) is 8.78 Å². The van der Waals surface area contributed by atoms with E-state index >= 15 is 0 Å². The number of halogens is 2. The molecule has 28 heavy (non-hydrogen) atoms. The molecule has 3 nitrogen and oxygen atoms in total. The first kappa shape index (κ1) is 20.8. The first-order valence-electron chi connectivity index (χ1n) is 9.75. The summed E-state index contributed by atoms with van der Waals surface area (Å²) in [6.07, 6.45) is 5.12. The highest BCUT2D eigenvalue weighted by Gasteiger charge is 2.12. The number of carbonyl (C=O) groups excluding carboxylic acids is 1. The van der Waals surface area contributed by atoms with E-state index in [-0.39, 0.29) is 11.7 Å². The molecule has 0 radical (unpaired) electrons. The topological polar surface area (TPSA) is 32.3 Å². The zero-order chi connectivity index (χ0) is 19.8. The molecule has 1 N–H and O–H groups in total. The van der Waals surface area contributed by atoms with Gasteiger partial charge in [0.15, 0.2) is 11.6 Å². The summed E-state index contributed by atoms with van der Waals surface area (Å²) in [5.74, 6) is -1.73. The summed E-state index contributed by atoms with van der Waals surface area (Å²) in [5, 5.41) is 2.94. The number of rotatable bonds is 7. The Morgan fingerprint density at radius 2 is 1.68 bits per heavy atom. The van der Waals surface area contributed by atoms with E-state index in [0.717, 1.165) is 37.3 Å². The van der Waals surface area contributed by atoms with E-state index in [1.807, 2.05) is 12.1 Å². The van der Waals surface area contributed by atoms with Crippen molar-refractivity contribution in [1.29, 1.82) is 0 Å². The van der Waals surface area contributed by atoms with Gasteiger partial charge in [0.05, 0.1) is 5.75 Å². The fourth-order valence-electron chi connectivity index (χ4n) is 3.38. The predicted octanol–water partition coefficient (Wildman–Crippen LogP) is 4.75. The Morgan fingerprint density at radius 1 is 0.964 bits per heavy atom. The summed E-state index contributed by atoms with van der Waals surface area (Å²) in [6, 6.07) is 11.9. The average molecular weight is 405 g/mol. The van der Waals surface area contributed by atoms with Crippen LogP contribution < -0.4 is 5.32 Å². The van der Waals surface area contributed by atoms with E-state index in [1.165, 1.54) is 49.1 Å². The largest absolute Gasteiger partial charge is 0.351 e. The van der Waals surface area contributed by atoms with Crippen LogP contribution in [0.5, 0.6) is 0 Å². The first-order valence-corrected chi connectivity index (χ1v) is 10.7. The van der Waals surface area contributed by atoms with E-state index in [4.69, 9.17) is 0 Å². The molecule has 1 aliphatic heterocycles. The van der Waals surface area contributed by atoms with Gasteiger partial charge in [0.25, 0.3) is 0 Å². The Labute approximate surface area is 169 Å². The summed E-state index contributed by atoms with van der Waals surface area (Å²) in [7, 11) is 0. The van der Waals surface area contributed by atoms with Crippen molar-refractivity contribution in [3.8, 4) is 0 Å². The highest BCUT2D eigenvalue weighted by molar-refractivity contribution is 8.00. The van der Waals surface area contributed by atoms with Crippen LogP contribution in [0.1, 0.15) is 36.8 Å². The Balaban J connectivity index is 1.50. The monoisotopic (exact) mass is 404 g/mol. The molecular weight excluding hydrogens is 378 g/mol. The van der Waals surface area contributed by atoms with Crippen LogP contribution in [0.3, 0.4) is 0 Å². The van der Waals surface area contributed by atoms with Gasteiger partial charge in [-0.3, -0.25) is 9.69 Å². The number of hydrogen-bond acceptors (Lipinski definition) is 3. The molecule has 0 atom stereocenters. The number of nitrogens with one attached hydrogen (secondary N) is 1. The zero-order valence-electron chi connectivity index (χ0n) is 15.9. The maximum absolute atomic E-state index is 13.2. The van der Waals surface area contributed by atoms with Crippen molar-refractivity contribution in [2.45, 2.75) is 43.7 Å². The van der Waals surface area contributed by atoms with Crippen LogP contribution in [0.15, 0.2) is 47.4 Å². The van der Waals surface area contributed by atoms with Crippen molar-refractivity contribution in [1.82, 2.24) is 10.2 Å². The van der Waals surface area contributed by atoms with E-state index in [9.17, 15) is 13.6 Å². The van der Waals surface area contributed by atoms with Crippen LogP contribution in [0.25, 0.3) is 0 Å². The average Bonchev–Trinajstić information content (AvgIpc) is 2.97. The molecule has 1 amide bonds. The van der Waals surface area contributed by atoms with Gasteiger partial charge in [-0.05, 0) is 55.3 Å². The van der Waals surface area contributed by atoms with Crippen LogP contribution in [-0.2, 0) is 17.9 Å². The second kappa shape index (κ2) is 10.6. The maximum atomic E-state index is 13.2. The third-order valence-electron chi connectivity index (χ3n) is 4.95. The Kier molecular flexibility index (Phi) is 7.86. The smallest absolute Gasteiger partial charge is 0.230 e. The molecule has 2 aromatic rings. The molecule has 150 valence electrons. The predicted molar refractivity (Wildman–Crippen MR) is 109 cm³/mol. The van der Waals surface area contributed by atoms with Crippen molar-refractivity contribution < 1.29 is 13.6 Å². The molecule has 1 heterocycles. The number of amides is 1. The van der Waals surface area contributed by atoms with Crippen molar-refractivity contribution in [2.24, 2.45) is 0 Å². The molecule has 1 fully saturated rings. The van der Waals surface area contributed by atoms with Gasteiger partial charge in [0, 0.05) is 18.0 Å². The summed E-state index contributed by atoms with van der Waals surface area (Å²) in [4.78, 5) is 15.2. The molecule has 3 rings (SSSR count). The van der Waals surface area contributed by atoms with Crippen LogP contribution in [0.2, 0.25) is 0 Å². The van der Waals surface area contributed by atoms with Gasteiger partial charge in [0.1, 0.15) is 0 Å². The minimum atomic E-state index is -0.896. The molecule has 1 aliphatic rings. The molecule has 0 saturated carbocycles. The number of carbonyl (C=O) groups is 1. The number of likely N-dealkylation sites (tertiary alicyclic amines) is 1. The van der Waals surface area contributed by atoms with E-state index < -0.39 is 11.6 Å². The van der Waals surface area contributed by atoms with Gasteiger partial charge in [-0.15, -0.1) is 11.8 Å². The lowest BCUT2D eigenvalue weighted by Gasteiger charge is -2.21. The number of benzene rings is 2. The first-order chi connectivity index (χ1) is 13.6. The maximum Gasteiger partial charge on any atom is 0.230 e. The second-order valence-corrected chi connectivity index (χ2v) is 8.15. The second-order valence-electron chi connectivity index (χ2n) is 7.10. The summed E-state index contributed by atoms with van der Waals surface area (Å²) >= 11 is 1.19. The van der Waals surface area contributed by atoms with Crippen LogP contribution >= 0.6 is 11.8 Å². The quantitative estimate of drug-likeness (QED) is 0.676. The molecule has 6 heteroatoms. The lowest BCUT2D eigenvalue weighted by atomic mass is 10.1. The van der Waals surface area contributed by atoms with Crippen molar-refractivity contribution in [2.75, 3.05) is 18.8 Å². The van der Waals surface area contributed by atoms with Crippen molar-refractivity contribution in [3.63, 3.8) is 0 Å². The number of thioether (sulfide) groups is 1. The van der Waals surface area contributed by atoms with E-state index in [1.54, 1.807) is 0 Å². The lowest BCUT2D eigenvalue weighted by Crippen LogP contribution is -2.27. The standard InChI is InChI=1S/C22H26F2N2OS/c23-20-10-9-19(13-21(20)24)28-16-22(27)25-14-17-7-3-4-8-18(17)15-26-11-5-1-2-6-12-26/h3-4,7-10,13H,1-2,5-6,11-12,14-16H2,(H,25,27). The molecule has 0 spiro atoms. The molecule has 0 aliphatic carbocycles. The lowest BCUT2D eigenvalue weighted by molar-refractivity contribution is -0.118. The van der Waals surface area contributed by atoms with Gasteiger partial charge in [-0.2, -0.15) is 0 Å². The van der Waals surface area contributed by atoms with Gasteiger partial charge in [-0.1, -0.05) is 37.1 Å². The van der Waals surface area contributed by atoms with E-state index in [0.29, 0.717) is 11.4 Å². The highest BCUT2D eigenvalue weighted by Crippen LogP contribution is 2.20. The molecule has 0 bridgehead atoms.